The highest BCUT2D eigenvalue weighted by atomic mass is 35.5. The number of thiophene rings is 1. The molecule has 32 heavy (non-hydrogen) atoms. The fraction of sp³-hybridized carbons (Fsp3) is 0.0435. The second-order valence-corrected chi connectivity index (χ2v) is 8.28. The minimum atomic E-state index is -0.295. The van der Waals surface area contributed by atoms with Gasteiger partial charge in [-0.15, -0.1) is 11.3 Å². The van der Waals surface area contributed by atoms with Gasteiger partial charge < -0.3 is 27.4 Å². The van der Waals surface area contributed by atoms with Crippen LogP contribution in [-0.2, 0) is 6.61 Å². The van der Waals surface area contributed by atoms with Crippen molar-refractivity contribution in [2.75, 3.05) is 5.32 Å². The van der Waals surface area contributed by atoms with E-state index in [1.807, 2.05) is 30.5 Å². The Morgan fingerprint density at radius 2 is 1.97 bits per heavy atom. The summed E-state index contributed by atoms with van der Waals surface area (Å²) in [6.45, 7) is 0.230. The molecule has 2 N–H and O–H groups in total. The monoisotopic (exact) mass is 485 g/mol. The molecule has 0 spiro atoms. The molecule has 3 aromatic heterocycles. The molecule has 0 aliphatic carbocycles. The van der Waals surface area contributed by atoms with E-state index in [9.17, 15) is 4.39 Å². The number of hydrogen-bond acceptors (Lipinski definition) is 5. The number of fused-ring (bicyclic) bond motifs is 1. The van der Waals surface area contributed by atoms with Gasteiger partial charge in [0.2, 0.25) is 0 Å². The smallest absolute Gasteiger partial charge is 0.151 e. The lowest BCUT2D eigenvalue weighted by molar-refractivity contribution is -0.00000701. The van der Waals surface area contributed by atoms with Crippen molar-refractivity contribution in [3.63, 3.8) is 0 Å². The van der Waals surface area contributed by atoms with Gasteiger partial charge in [0, 0.05) is 11.9 Å². The van der Waals surface area contributed by atoms with Gasteiger partial charge in [-0.25, -0.2) is 14.4 Å². The van der Waals surface area contributed by atoms with Crippen molar-refractivity contribution in [3.05, 3.63) is 89.6 Å². The molecule has 5 rings (SSSR count). The zero-order valence-corrected chi connectivity index (χ0v) is 18.8. The Labute approximate surface area is 198 Å². The molecule has 0 saturated carbocycles. The molecular weight excluding hydrogens is 470 g/mol. The molecule has 2 aromatic carbocycles. The van der Waals surface area contributed by atoms with Crippen LogP contribution in [0.4, 0.5) is 15.9 Å². The number of nitrogens with one attached hydrogen (secondary N) is 2. The Bertz CT molecular complexity index is 1360. The van der Waals surface area contributed by atoms with Crippen molar-refractivity contribution in [1.82, 2.24) is 15.0 Å². The Morgan fingerprint density at radius 3 is 2.75 bits per heavy atom. The van der Waals surface area contributed by atoms with Gasteiger partial charge in [0.15, 0.2) is 5.82 Å². The number of aromatic nitrogens is 3. The Hall–Kier alpha value is -3.13. The van der Waals surface area contributed by atoms with E-state index in [0.717, 1.165) is 32.0 Å². The van der Waals surface area contributed by atoms with Crippen LogP contribution in [0.3, 0.4) is 0 Å². The van der Waals surface area contributed by atoms with Crippen molar-refractivity contribution in [3.8, 4) is 16.3 Å². The molecule has 0 amide bonds. The van der Waals surface area contributed by atoms with E-state index in [1.165, 1.54) is 18.5 Å². The van der Waals surface area contributed by atoms with E-state index in [-0.39, 0.29) is 24.8 Å². The molecule has 5 nitrogen and oxygen atoms in total. The van der Waals surface area contributed by atoms with Crippen LogP contribution in [0.2, 0.25) is 5.02 Å². The first-order chi connectivity index (χ1) is 15.2. The molecule has 0 bridgehead atoms. The number of benzene rings is 2. The van der Waals surface area contributed by atoms with Crippen LogP contribution in [0, 0.1) is 5.82 Å². The Balaban J connectivity index is 0.00000245. The van der Waals surface area contributed by atoms with Gasteiger partial charge in [0.25, 0.3) is 0 Å². The standard InChI is InChI=1S/C23H16ClFN4OS.ClH/c24-17-10-16(6-7-20(17)30-12-14-3-1-4-15(25)9-14)29-23-22-19(27-13-28-23)11-21(31-22)18-5-2-8-26-18;/h1-11,13,26H,12H2,(H,27,28,29);1H/p-1. The molecule has 0 radical (unpaired) electrons. The average Bonchev–Trinajstić information content (AvgIpc) is 3.43. The Kier molecular flexibility index (Phi) is 6.60. The zero-order valence-electron chi connectivity index (χ0n) is 16.5. The number of ether oxygens (including phenoxy) is 1. The van der Waals surface area contributed by atoms with Crippen LogP contribution < -0.4 is 22.5 Å². The minimum Gasteiger partial charge on any atom is -1.00 e. The van der Waals surface area contributed by atoms with Gasteiger partial charge in [-0.2, -0.15) is 0 Å². The molecule has 0 saturated heterocycles. The average molecular weight is 486 g/mol. The predicted molar refractivity (Wildman–Crippen MR) is 123 cm³/mol. The summed E-state index contributed by atoms with van der Waals surface area (Å²) >= 11 is 8.02. The summed E-state index contributed by atoms with van der Waals surface area (Å²) in [4.78, 5) is 13.1. The van der Waals surface area contributed by atoms with E-state index < -0.39 is 0 Å². The third-order valence-electron chi connectivity index (χ3n) is 4.65. The van der Waals surface area contributed by atoms with Crippen LogP contribution in [-0.4, -0.2) is 15.0 Å². The van der Waals surface area contributed by atoms with Gasteiger partial charge in [-0.1, -0.05) is 23.7 Å². The van der Waals surface area contributed by atoms with Crippen LogP contribution >= 0.6 is 22.9 Å². The summed E-state index contributed by atoms with van der Waals surface area (Å²) in [5.41, 5.74) is 3.42. The predicted octanol–water partition coefficient (Wildman–Crippen LogP) is 3.81. The second-order valence-electron chi connectivity index (χ2n) is 6.82. The number of aromatic amines is 1. The molecule has 0 aliphatic rings. The summed E-state index contributed by atoms with van der Waals surface area (Å²) in [7, 11) is 0. The van der Waals surface area contributed by atoms with Crippen molar-refractivity contribution in [1.29, 1.82) is 0 Å². The largest absolute Gasteiger partial charge is 1.00 e. The molecular formula is C23H16Cl2FN4OS-. The van der Waals surface area contributed by atoms with Crippen molar-refractivity contribution in [2.24, 2.45) is 0 Å². The van der Waals surface area contributed by atoms with E-state index in [0.29, 0.717) is 16.6 Å². The highest BCUT2D eigenvalue weighted by Crippen LogP contribution is 2.36. The number of anilines is 2. The van der Waals surface area contributed by atoms with Gasteiger partial charge in [-0.3, -0.25) is 0 Å². The number of nitrogens with zero attached hydrogens (tertiary/aromatic N) is 2. The topological polar surface area (TPSA) is 62.8 Å². The quantitative estimate of drug-likeness (QED) is 0.383. The van der Waals surface area contributed by atoms with E-state index in [1.54, 1.807) is 35.6 Å². The van der Waals surface area contributed by atoms with E-state index in [4.69, 9.17) is 16.3 Å². The molecule has 0 atom stereocenters. The highest BCUT2D eigenvalue weighted by Gasteiger charge is 2.12. The molecule has 5 aromatic rings. The molecule has 9 heteroatoms. The fourth-order valence-corrected chi connectivity index (χ4v) is 4.46. The molecule has 0 aliphatic heterocycles. The first-order valence-corrected chi connectivity index (χ1v) is 10.7. The van der Waals surface area contributed by atoms with Crippen molar-refractivity contribution in [2.45, 2.75) is 6.61 Å². The maximum absolute atomic E-state index is 13.3. The van der Waals surface area contributed by atoms with Gasteiger partial charge in [0.1, 0.15) is 24.5 Å². The zero-order chi connectivity index (χ0) is 21.2. The summed E-state index contributed by atoms with van der Waals surface area (Å²) in [6, 6.07) is 17.7. The normalized spacial score (nSPS) is 10.7. The van der Waals surface area contributed by atoms with Gasteiger partial charge in [-0.05, 0) is 54.1 Å². The second kappa shape index (κ2) is 9.56. The number of hydrogen-bond donors (Lipinski definition) is 2. The van der Waals surface area contributed by atoms with Crippen LogP contribution in [0.5, 0.6) is 5.75 Å². The Morgan fingerprint density at radius 1 is 1.06 bits per heavy atom. The minimum absolute atomic E-state index is 0. The first-order valence-electron chi connectivity index (χ1n) is 9.48. The molecule has 162 valence electrons. The lowest BCUT2D eigenvalue weighted by Gasteiger charge is -2.11. The lowest BCUT2D eigenvalue weighted by atomic mass is 10.2. The summed E-state index contributed by atoms with van der Waals surface area (Å²) < 4.78 is 20.0. The van der Waals surface area contributed by atoms with Crippen LogP contribution in [0.1, 0.15) is 5.56 Å². The first kappa shape index (κ1) is 22.1. The van der Waals surface area contributed by atoms with E-state index in [2.05, 4.69) is 20.3 Å². The molecule has 0 fully saturated rings. The number of rotatable bonds is 6. The number of halogens is 3. The van der Waals surface area contributed by atoms with E-state index >= 15 is 0 Å². The fourth-order valence-electron chi connectivity index (χ4n) is 3.18. The molecule has 0 unspecified atom stereocenters. The SMILES string of the molecule is Fc1cccc(COc2ccc(Nc3ncnc4cc(-c5ccc[nH]5)sc34)cc2Cl)c1.[Cl-]. The summed E-state index contributed by atoms with van der Waals surface area (Å²) in [5, 5.41) is 3.76. The third kappa shape index (κ3) is 4.70. The summed E-state index contributed by atoms with van der Waals surface area (Å²) in [6.07, 6.45) is 3.43. The third-order valence-corrected chi connectivity index (χ3v) is 6.11. The van der Waals surface area contributed by atoms with Crippen LogP contribution in [0.15, 0.2) is 73.2 Å². The number of H-pyrrole nitrogens is 1. The summed E-state index contributed by atoms with van der Waals surface area (Å²) in [5.74, 6) is 0.933. The highest BCUT2D eigenvalue weighted by molar-refractivity contribution is 7.22. The van der Waals surface area contributed by atoms with Crippen LogP contribution in [0.25, 0.3) is 20.8 Å². The maximum Gasteiger partial charge on any atom is 0.151 e. The van der Waals surface area contributed by atoms with Crippen molar-refractivity contribution < 1.29 is 21.5 Å². The van der Waals surface area contributed by atoms with Crippen molar-refractivity contribution >= 4 is 44.7 Å². The molecule has 3 heterocycles. The lowest BCUT2D eigenvalue weighted by Crippen LogP contribution is -3.00. The van der Waals surface area contributed by atoms with Gasteiger partial charge in [0.05, 0.1) is 25.8 Å². The van der Waals surface area contributed by atoms with Gasteiger partial charge >= 0.3 is 0 Å². The maximum atomic E-state index is 13.3.